The summed E-state index contributed by atoms with van der Waals surface area (Å²) in [5, 5.41) is 14.1. The molecule has 1 saturated heterocycles. The summed E-state index contributed by atoms with van der Waals surface area (Å²) in [5.41, 5.74) is 7.18. The van der Waals surface area contributed by atoms with Crippen LogP contribution in [0.25, 0.3) is 0 Å². The Balaban J connectivity index is 1.48. The highest BCUT2D eigenvalue weighted by Gasteiger charge is 2.31. The number of amides is 1. The molecule has 0 spiro atoms. The predicted octanol–water partition coefficient (Wildman–Crippen LogP) is 4.10. The monoisotopic (exact) mass is 431 g/mol. The normalized spacial score (nSPS) is 25.0. The van der Waals surface area contributed by atoms with E-state index in [4.69, 9.17) is 4.74 Å². The lowest BCUT2D eigenvalue weighted by molar-refractivity contribution is -0.126. The first-order chi connectivity index (χ1) is 15.2. The molecule has 1 aliphatic heterocycles. The van der Waals surface area contributed by atoms with E-state index < -0.39 is 6.23 Å². The molecule has 1 aliphatic carbocycles. The zero-order chi connectivity index (χ0) is 21.9. The Morgan fingerprint density at radius 1 is 1.06 bits per heavy atom. The first-order valence-corrected chi connectivity index (χ1v) is 12.2. The van der Waals surface area contributed by atoms with Crippen molar-refractivity contribution in [1.82, 2.24) is 16.2 Å². The lowest BCUT2D eigenvalue weighted by Crippen LogP contribution is -2.56. The number of hydrazine groups is 1. The SMILES string of the molecule is COCc1cccc(C(O)NNC(=O)C2CCCC(C3CCCCCCCCC3)N2)c1. The highest BCUT2D eigenvalue weighted by Crippen LogP contribution is 2.29. The summed E-state index contributed by atoms with van der Waals surface area (Å²) in [5.74, 6) is 0.590. The van der Waals surface area contributed by atoms with Crippen molar-refractivity contribution < 1.29 is 14.6 Å². The Morgan fingerprint density at radius 2 is 1.77 bits per heavy atom. The molecule has 3 unspecified atom stereocenters. The van der Waals surface area contributed by atoms with Gasteiger partial charge in [-0.2, -0.15) is 0 Å². The van der Waals surface area contributed by atoms with Crippen molar-refractivity contribution in [2.45, 2.75) is 102 Å². The van der Waals surface area contributed by atoms with Gasteiger partial charge in [0.1, 0.15) is 6.23 Å². The molecule has 0 bridgehead atoms. The van der Waals surface area contributed by atoms with Gasteiger partial charge < -0.3 is 15.2 Å². The van der Waals surface area contributed by atoms with E-state index in [1.54, 1.807) is 7.11 Å². The first kappa shape index (κ1) is 24.2. The van der Waals surface area contributed by atoms with Crippen LogP contribution in [0.15, 0.2) is 24.3 Å². The molecule has 174 valence electrons. The van der Waals surface area contributed by atoms with Crippen molar-refractivity contribution in [2.24, 2.45) is 5.92 Å². The van der Waals surface area contributed by atoms with E-state index in [9.17, 15) is 9.90 Å². The molecule has 0 aromatic heterocycles. The van der Waals surface area contributed by atoms with Crippen LogP contribution in [-0.4, -0.2) is 30.2 Å². The Morgan fingerprint density at radius 3 is 2.48 bits per heavy atom. The molecule has 2 aliphatic rings. The Bertz CT molecular complexity index is 659. The average Bonchev–Trinajstić information content (AvgIpc) is 2.81. The summed E-state index contributed by atoms with van der Waals surface area (Å²) in [4.78, 5) is 12.8. The smallest absolute Gasteiger partial charge is 0.251 e. The van der Waals surface area contributed by atoms with Crippen LogP contribution in [0.4, 0.5) is 0 Å². The van der Waals surface area contributed by atoms with E-state index in [-0.39, 0.29) is 11.9 Å². The van der Waals surface area contributed by atoms with E-state index in [2.05, 4.69) is 16.2 Å². The third-order valence-electron chi connectivity index (χ3n) is 6.87. The number of aliphatic hydroxyl groups excluding tert-OH is 1. The number of rotatable bonds is 7. The molecule has 31 heavy (non-hydrogen) atoms. The second kappa shape index (κ2) is 13.2. The summed E-state index contributed by atoms with van der Waals surface area (Å²) in [6.07, 6.45) is 14.1. The van der Waals surface area contributed by atoms with E-state index in [0.29, 0.717) is 24.1 Å². The van der Waals surface area contributed by atoms with Crippen molar-refractivity contribution in [2.75, 3.05) is 7.11 Å². The lowest BCUT2D eigenvalue weighted by Gasteiger charge is -2.36. The van der Waals surface area contributed by atoms with Crippen LogP contribution >= 0.6 is 0 Å². The zero-order valence-corrected chi connectivity index (χ0v) is 19.1. The summed E-state index contributed by atoms with van der Waals surface area (Å²) in [7, 11) is 1.64. The van der Waals surface area contributed by atoms with Crippen LogP contribution in [0.2, 0.25) is 0 Å². The lowest BCUT2D eigenvalue weighted by atomic mass is 9.82. The quantitative estimate of drug-likeness (QED) is 0.386. The third kappa shape index (κ3) is 7.86. The fraction of sp³-hybridized carbons (Fsp3) is 0.720. The maximum atomic E-state index is 12.8. The molecule has 4 N–H and O–H groups in total. The Kier molecular flexibility index (Phi) is 10.3. The van der Waals surface area contributed by atoms with Crippen LogP contribution in [0.1, 0.15) is 94.4 Å². The van der Waals surface area contributed by atoms with Crippen LogP contribution in [0.5, 0.6) is 0 Å². The molecule has 1 saturated carbocycles. The number of aliphatic hydroxyl groups is 1. The van der Waals surface area contributed by atoms with Gasteiger partial charge >= 0.3 is 0 Å². The van der Waals surface area contributed by atoms with Gasteiger partial charge in [0, 0.05) is 13.2 Å². The minimum atomic E-state index is -0.960. The first-order valence-electron chi connectivity index (χ1n) is 12.2. The summed E-state index contributed by atoms with van der Waals surface area (Å²) in [6.45, 7) is 0.488. The zero-order valence-electron chi connectivity index (χ0n) is 19.1. The van der Waals surface area contributed by atoms with Gasteiger partial charge in [-0.25, -0.2) is 5.43 Å². The molecule has 3 rings (SSSR count). The number of hydrogen-bond donors (Lipinski definition) is 4. The van der Waals surface area contributed by atoms with Gasteiger partial charge in [-0.05, 0) is 55.2 Å². The van der Waals surface area contributed by atoms with Gasteiger partial charge in [-0.3, -0.25) is 10.2 Å². The average molecular weight is 432 g/mol. The largest absolute Gasteiger partial charge is 0.380 e. The van der Waals surface area contributed by atoms with E-state index >= 15 is 0 Å². The van der Waals surface area contributed by atoms with Crippen LogP contribution < -0.4 is 16.2 Å². The molecule has 1 aromatic carbocycles. The summed E-state index contributed by atoms with van der Waals surface area (Å²) >= 11 is 0. The van der Waals surface area contributed by atoms with Gasteiger partial charge in [0.2, 0.25) is 0 Å². The second-order valence-corrected chi connectivity index (χ2v) is 9.28. The molecule has 2 fully saturated rings. The number of benzene rings is 1. The van der Waals surface area contributed by atoms with Gasteiger partial charge in [0.05, 0.1) is 12.6 Å². The van der Waals surface area contributed by atoms with Crippen LogP contribution in [0.3, 0.4) is 0 Å². The number of methoxy groups -OCH3 is 1. The highest BCUT2D eigenvalue weighted by molar-refractivity contribution is 5.81. The Labute approximate surface area is 187 Å². The number of carbonyl (C=O) groups is 1. The maximum Gasteiger partial charge on any atom is 0.251 e. The van der Waals surface area contributed by atoms with Crippen LogP contribution in [0, 0.1) is 5.92 Å². The molecule has 6 nitrogen and oxygen atoms in total. The van der Waals surface area contributed by atoms with Gasteiger partial charge in [-0.15, -0.1) is 0 Å². The maximum absolute atomic E-state index is 12.8. The third-order valence-corrected chi connectivity index (χ3v) is 6.87. The van der Waals surface area contributed by atoms with E-state index in [1.807, 2.05) is 24.3 Å². The van der Waals surface area contributed by atoms with Gasteiger partial charge in [0.15, 0.2) is 0 Å². The molecular weight excluding hydrogens is 390 g/mol. The highest BCUT2D eigenvalue weighted by atomic mass is 16.5. The van der Waals surface area contributed by atoms with Crippen molar-refractivity contribution in [3.63, 3.8) is 0 Å². The minimum absolute atomic E-state index is 0.0864. The number of carbonyl (C=O) groups excluding carboxylic acids is 1. The number of hydrogen-bond acceptors (Lipinski definition) is 5. The molecule has 1 amide bonds. The fourth-order valence-electron chi connectivity index (χ4n) is 5.12. The van der Waals surface area contributed by atoms with Crippen molar-refractivity contribution in [3.05, 3.63) is 35.4 Å². The molecular formula is C25H41N3O3. The molecule has 0 radical (unpaired) electrons. The summed E-state index contributed by atoms with van der Waals surface area (Å²) in [6, 6.07) is 7.76. The number of nitrogens with one attached hydrogen (secondary N) is 3. The second-order valence-electron chi connectivity index (χ2n) is 9.28. The van der Waals surface area contributed by atoms with Crippen molar-refractivity contribution >= 4 is 5.91 Å². The Hall–Kier alpha value is -1.47. The van der Waals surface area contributed by atoms with Gasteiger partial charge in [0.25, 0.3) is 5.91 Å². The van der Waals surface area contributed by atoms with E-state index in [1.165, 1.54) is 57.8 Å². The van der Waals surface area contributed by atoms with Gasteiger partial charge in [-0.1, -0.05) is 63.1 Å². The standard InChI is InChI=1S/C25H41N3O3/c1-31-18-19-11-9-14-21(17-19)24(29)27-28-25(30)23-16-10-15-22(26-23)20-12-7-5-3-2-4-6-8-13-20/h9,11,14,17,20,22-24,26-27,29H,2-8,10,12-13,15-16,18H2,1H3,(H,28,30). The number of ether oxygens (including phenoxy) is 1. The summed E-state index contributed by atoms with van der Waals surface area (Å²) < 4.78 is 5.15. The van der Waals surface area contributed by atoms with Crippen molar-refractivity contribution in [1.29, 1.82) is 0 Å². The minimum Gasteiger partial charge on any atom is -0.380 e. The number of piperidine rings is 1. The molecule has 6 heteroatoms. The van der Waals surface area contributed by atoms with E-state index in [0.717, 1.165) is 24.8 Å². The molecule has 1 aromatic rings. The van der Waals surface area contributed by atoms with Crippen molar-refractivity contribution in [3.8, 4) is 0 Å². The topological polar surface area (TPSA) is 82.6 Å². The predicted molar refractivity (Wildman–Crippen MR) is 123 cm³/mol. The van der Waals surface area contributed by atoms with Crippen LogP contribution in [-0.2, 0) is 16.1 Å². The molecule has 1 heterocycles. The fourth-order valence-corrected chi connectivity index (χ4v) is 5.12. The molecule has 3 atom stereocenters.